The molecule has 0 aliphatic carbocycles. The fourth-order valence-corrected chi connectivity index (χ4v) is 4.07. The van der Waals surface area contributed by atoms with E-state index in [0.717, 1.165) is 29.9 Å². The van der Waals surface area contributed by atoms with Gasteiger partial charge in [0.25, 0.3) is 0 Å². The summed E-state index contributed by atoms with van der Waals surface area (Å²) in [5, 5.41) is 7.21. The predicted octanol–water partition coefficient (Wildman–Crippen LogP) is 4.86. The molecule has 5 heteroatoms. The molecule has 4 rings (SSSR count). The highest BCUT2D eigenvalue weighted by Gasteiger charge is 2.21. The summed E-state index contributed by atoms with van der Waals surface area (Å²) >= 11 is 0. The summed E-state index contributed by atoms with van der Waals surface area (Å²) in [7, 11) is 2.18. The molecule has 3 aromatic rings. The van der Waals surface area contributed by atoms with Crippen LogP contribution in [0.5, 0.6) is 0 Å². The fraction of sp³-hybridized carbons (Fsp3) is 0.348. The molecule has 2 amide bonds. The molecular formula is C23H28N4O. The standard InChI is InChI=1S/C23H28N4O/c1-16(17-6-4-3-5-7-17)25-23(28)26-19-8-9-22-20(14-19)21(15-24-22)18-10-12-27(2)13-11-18/h3-9,14-16,18,24H,10-13H2,1-2H3,(H2,25,26,28). The van der Waals surface area contributed by atoms with Crippen LogP contribution in [-0.4, -0.2) is 36.1 Å². The Morgan fingerprint density at radius 2 is 1.89 bits per heavy atom. The van der Waals surface area contributed by atoms with Gasteiger partial charge < -0.3 is 20.5 Å². The highest BCUT2D eigenvalue weighted by atomic mass is 16.2. The summed E-state index contributed by atoms with van der Waals surface area (Å²) in [6, 6.07) is 15.8. The van der Waals surface area contributed by atoms with Crippen LogP contribution in [0.1, 0.15) is 42.9 Å². The maximum absolute atomic E-state index is 12.5. The summed E-state index contributed by atoms with van der Waals surface area (Å²) in [6.45, 7) is 4.26. The van der Waals surface area contributed by atoms with Gasteiger partial charge in [0.05, 0.1) is 6.04 Å². The lowest BCUT2D eigenvalue weighted by atomic mass is 9.89. The molecule has 1 fully saturated rings. The second-order valence-electron chi connectivity index (χ2n) is 7.81. The summed E-state index contributed by atoms with van der Waals surface area (Å²) in [5.41, 5.74) is 4.39. The van der Waals surface area contributed by atoms with Crippen LogP contribution in [-0.2, 0) is 0 Å². The average Bonchev–Trinajstić information content (AvgIpc) is 3.12. The number of piperidine rings is 1. The third-order valence-corrected chi connectivity index (χ3v) is 5.78. The molecule has 2 aromatic carbocycles. The van der Waals surface area contributed by atoms with Gasteiger partial charge in [-0.25, -0.2) is 4.79 Å². The van der Waals surface area contributed by atoms with E-state index in [1.54, 1.807) is 0 Å². The van der Waals surface area contributed by atoms with Crippen LogP contribution in [0.4, 0.5) is 10.5 Å². The first-order chi connectivity index (χ1) is 13.6. The maximum Gasteiger partial charge on any atom is 0.319 e. The summed E-state index contributed by atoms with van der Waals surface area (Å²) in [4.78, 5) is 18.2. The van der Waals surface area contributed by atoms with Gasteiger partial charge >= 0.3 is 6.03 Å². The van der Waals surface area contributed by atoms with Crippen molar-refractivity contribution in [2.75, 3.05) is 25.5 Å². The maximum atomic E-state index is 12.5. The van der Waals surface area contributed by atoms with Crippen molar-refractivity contribution >= 4 is 22.6 Å². The molecule has 28 heavy (non-hydrogen) atoms. The van der Waals surface area contributed by atoms with E-state index in [0.29, 0.717) is 5.92 Å². The molecule has 5 nitrogen and oxygen atoms in total. The molecule has 0 spiro atoms. The van der Waals surface area contributed by atoms with E-state index in [-0.39, 0.29) is 12.1 Å². The smallest absolute Gasteiger partial charge is 0.319 e. The Morgan fingerprint density at radius 1 is 1.14 bits per heavy atom. The summed E-state index contributed by atoms with van der Waals surface area (Å²) in [5.74, 6) is 0.576. The molecular weight excluding hydrogens is 348 g/mol. The number of benzene rings is 2. The van der Waals surface area contributed by atoms with Crippen molar-refractivity contribution < 1.29 is 4.79 Å². The highest BCUT2D eigenvalue weighted by molar-refractivity contribution is 5.94. The molecule has 1 atom stereocenters. The Labute approximate surface area is 166 Å². The van der Waals surface area contributed by atoms with Crippen molar-refractivity contribution in [2.24, 2.45) is 0 Å². The van der Waals surface area contributed by atoms with E-state index < -0.39 is 0 Å². The first-order valence-electron chi connectivity index (χ1n) is 10.0. The van der Waals surface area contributed by atoms with Crippen LogP contribution in [0, 0.1) is 0 Å². The molecule has 3 N–H and O–H groups in total. The number of amides is 2. The number of hydrogen-bond acceptors (Lipinski definition) is 2. The minimum absolute atomic E-state index is 0.0491. The van der Waals surface area contributed by atoms with E-state index in [1.807, 2.05) is 49.4 Å². The Morgan fingerprint density at radius 3 is 2.64 bits per heavy atom. The second-order valence-corrected chi connectivity index (χ2v) is 7.81. The molecule has 0 saturated carbocycles. The van der Waals surface area contributed by atoms with Gasteiger partial charge in [-0.15, -0.1) is 0 Å². The molecule has 1 unspecified atom stereocenters. The lowest BCUT2D eigenvalue weighted by molar-refractivity contribution is 0.249. The Bertz CT molecular complexity index is 942. The van der Waals surface area contributed by atoms with E-state index in [1.165, 1.54) is 23.8 Å². The lowest BCUT2D eigenvalue weighted by Crippen LogP contribution is -2.31. The third-order valence-electron chi connectivity index (χ3n) is 5.78. The van der Waals surface area contributed by atoms with E-state index in [2.05, 4.69) is 39.8 Å². The zero-order valence-corrected chi connectivity index (χ0v) is 16.5. The minimum atomic E-state index is -0.188. The van der Waals surface area contributed by atoms with Crippen molar-refractivity contribution in [3.63, 3.8) is 0 Å². The van der Waals surface area contributed by atoms with Crippen LogP contribution in [0.25, 0.3) is 10.9 Å². The first kappa shape index (κ1) is 18.6. The number of aromatic amines is 1. The van der Waals surface area contributed by atoms with Crippen LogP contribution >= 0.6 is 0 Å². The van der Waals surface area contributed by atoms with Crippen LogP contribution in [0.3, 0.4) is 0 Å². The molecule has 1 aliphatic rings. The predicted molar refractivity (Wildman–Crippen MR) is 115 cm³/mol. The monoisotopic (exact) mass is 376 g/mol. The molecule has 146 valence electrons. The number of likely N-dealkylation sites (tertiary alicyclic amines) is 1. The SMILES string of the molecule is CC(NC(=O)Nc1ccc2[nH]cc(C3CCN(C)CC3)c2c1)c1ccccc1. The quantitative estimate of drug-likeness (QED) is 0.609. The van der Waals surface area contributed by atoms with Crippen molar-refractivity contribution in [2.45, 2.75) is 31.7 Å². The number of H-pyrrole nitrogens is 1. The lowest BCUT2D eigenvalue weighted by Gasteiger charge is -2.28. The topological polar surface area (TPSA) is 60.2 Å². The van der Waals surface area contributed by atoms with Gasteiger partial charge in [-0.1, -0.05) is 30.3 Å². The number of nitrogens with zero attached hydrogens (tertiary/aromatic N) is 1. The largest absolute Gasteiger partial charge is 0.361 e. The number of urea groups is 1. The number of aromatic nitrogens is 1. The molecule has 0 radical (unpaired) electrons. The van der Waals surface area contributed by atoms with Gasteiger partial charge in [0.2, 0.25) is 0 Å². The number of anilines is 1. The first-order valence-corrected chi connectivity index (χ1v) is 10.0. The van der Waals surface area contributed by atoms with Crippen molar-refractivity contribution in [3.8, 4) is 0 Å². The average molecular weight is 377 g/mol. The minimum Gasteiger partial charge on any atom is -0.361 e. The summed E-state index contributed by atoms with van der Waals surface area (Å²) < 4.78 is 0. The van der Waals surface area contributed by atoms with Gasteiger partial charge in [0.15, 0.2) is 0 Å². The van der Waals surface area contributed by atoms with E-state index >= 15 is 0 Å². The van der Waals surface area contributed by atoms with Gasteiger partial charge in [0.1, 0.15) is 0 Å². The molecule has 1 aromatic heterocycles. The number of fused-ring (bicyclic) bond motifs is 1. The molecule has 1 aliphatic heterocycles. The number of carbonyl (C=O) groups excluding carboxylic acids is 1. The van der Waals surface area contributed by atoms with Gasteiger partial charge in [-0.05, 0) is 75.1 Å². The Balaban J connectivity index is 1.47. The number of rotatable bonds is 4. The molecule has 1 saturated heterocycles. The van der Waals surface area contributed by atoms with Crippen LogP contribution < -0.4 is 10.6 Å². The Hall–Kier alpha value is -2.79. The van der Waals surface area contributed by atoms with Crippen LogP contribution in [0.15, 0.2) is 54.7 Å². The zero-order valence-electron chi connectivity index (χ0n) is 16.5. The van der Waals surface area contributed by atoms with Crippen molar-refractivity contribution in [3.05, 3.63) is 65.9 Å². The second kappa shape index (κ2) is 8.07. The fourth-order valence-electron chi connectivity index (χ4n) is 4.07. The van der Waals surface area contributed by atoms with Crippen molar-refractivity contribution in [1.29, 1.82) is 0 Å². The van der Waals surface area contributed by atoms with Crippen molar-refractivity contribution in [1.82, 2.24) is 15.2 Å². The number of carbonyl (C=O) groups is 1. The normalized spacial score (nSPS) is 16.8. The molecule has 2 heterocycles. The number of hydrogen-bond donors (Lipinski definition) is 3. The highest BCUT2D eigenvalue weighted by Crippen LogP contribution is 2.34. The van der Waals surface area contributed by atoms with E-state index in [9.17, 15) is 4.79 Å². The van der Waals surface area contributed by atoms with Gasteiger partial charge in [0, 0.05) is 22.8 Å². The van der Waals surface area contributed by atoms with Crippen LogP contribution in [0.2, 0.25) is 0 Å². The summed E-state index contributed by atoms with van der Waals surface area (Å²) in [6.07, 6.45) is 4.49. The van der Waals surface area contributed by atoms with Gasteiger partial charge in [-0.3, -0.25) is 0 Å². The zero-order chi connectivity index (χ0) is 19.5. The molecule has 0 bridgehead atoms. The Kier molecular flexibility index (Phi) is 5.35. The third kappa shape index (κ3) is 4.04. The number of nitrogens with one attached hydrogen (secondary N) is 3. The van der Waals surface area contributed by atoms with E-state index in [4.69, 9.17) is 0 Å². The van der Waals surface area contributed by atoms with Gasteiger partial charge in [-0.2, -0.15) is 0 Å².